The van der Waals surface area contributed by atoms with Crippen LogP contribution in [0.2, 0.25) is 0 Å². The second-order valence-electron chi connectivity index (χ2n) is 5.02. The van der Waals surface area contributed by atoms with Crippen molar-refractivity contribution >= 4 is 21.4 Å². The maximum Gasteiger partial charge on any atom is 0.272 e. The van der Waals surface area contributed by atoms with E-state index >= 15 is 0 Å². The monoisotopic (exact) mass is 313 g/mol. The summed E-state index contributed by atoms with van der Waals surface area (Å²) in [6, 6.07) is 2.82. The van der Waals surface area contributed by atoms with Crippen LogP contribution in [0, 0.1) is 0 Å². The van der Waals surface area contributed by atoms with Crippen molar-refractivity contribution in [3.63, 3.8) is 0 Å². The molecular formula is C13H19N3O4S. The molecule has 2 heterocycles. The van der Waals surface area contributed by atoms with Gasteiger partial charge in [0.1, 0.15) is 5.69 Å². The van der Waals surface area contributed by atoms with Crippen LogP contribution in [0.3, 0.4) is 0 Å². The zero-order valence-corrected chi connectivity index (χ0v) is 12.7. The molecule has 2 N–H and O–H groups in total. The first-order valence-electron chi connectivity index (χ1n) is 6.65. The molecular weight excluding hydrogens is 294 g/mol. The summed E-state index contributed by atoms with van der Waals surface area (Å²) in [4.78, 5) is 18.1. The fraction of sp³-hybridized carbons (Fsp3) is 0.538. The third-order valence-corrected chi connectivity index (χ3v) is 5.20. The van der Waals surface area contributed by atoms with Crippen LogP contribution in [0.4, 0.5) is 5.69 Å². The SMILES string of the molecule is COCCN(C(=O)c1ccc(N)cn1)C1CCS(=O)(=O)C1. The molecule has 1 amide bonds. The van der Waals surface area contributed by atoms with E-state index in [0.29, 0.717) is 25.3 Å². The van der Waals surface area contributed by atoms with Crippen molar-refractivity contribution < 1.29 is 17.9 Å². The van der Waals surface area contributed by atoms with E-state index in [0.717, 1.165) is 0 Å². The van der Waals surface area contributed by atoms with Crippen LogP contribution >= 0.6 is 0 Å². The van der Waals surface area contributed by atoms with E-state index in [2.05, 4.69) is 4.98 Å². The molecule has 0 radical (unpaired) electrons. The van der Waals surface area contributed by atoms with E-state index in [1.54, 1.807) is 12.1 Å². The van der Waals surface area contributed by atoms with Gasteiger partial charge in [-0.3, -0.25) is 4.79 Å². The number of carbonyl (C=O) groups is 1. The largest absolute Gasteiger partial charge is 0.397 e. The third kappa shape index (κ3) is 3.92. The Balaban J connectivity index is 2.19. The Morgan fingerprint density at radius 2 is 2.29 bits per heavy atom. The Bertz CT molecular complexity index is 600. The second-order valence-corrected chi connectivity index (χ2v) is 7.25. The summed E-state index contributed by atoms with van der Waals surface area (Å²) in [5.74, 6) is -0.185. The van der Waals surface area contributed by atoms with Crippen molar-refractivity contribution in [1.82, 2.24) is 9.88 Å². The number of nitrogens with zero attached hydrogens (tertiary/aromatic N) is 2. The Hall–Kier alpha value is -1.67. The van der Waals surface area contributed by atoms with Crippen molar-refractivity contribution in [2.75, 3.05) is 37.5 Å². The minimum atomic E-state index is -3.06. The lowest BCUT2D eigenvalue weighted by molar-refractivity contribution is 0.0618. The molecule has 0 spiro atoms. The molecule has 116 valence electrons. The fourth-order valence-electron chi connectivity index (χ4n) is 2.34. The average molecular weight is 313 g/mol. The molecule has 1 atom stereocenters. The predicted molar refractivity (Wildman–Crippen MR) is 78.6 cm³/mol. The van der Waals surface area contributed by atoms with Gasteiger partial charge in [-0.1, -0.05) is 0 Å². The highest BCUT2D eigenvalue weighted by Gasteiger charge is 2.35. The van der Waals surface area contributed by atoms with Crippen LogP contribution in [-0.2, 0) is 14.6 Å². The summed E-state index contributed by atoms with van der Waals surface area (Å²) in [6.07, 6.45) is 1.86. The highest BCUT2D eigenvalue weighted by atomic mass is 32.2. The van der Waals surface area contributed by atoms with Crippen LogP contribution in [-0.4, -0.2) is 62.0 Å². The first-order valence-corrected chi connectivity index (χ1v) is 8.47. The van der Waals surface area contributed by atoms with Gasteiger partial charge in [0.25, 0.3) is 5.91 Å². The Labute approximate surface area is 124 Å². The molecule has 21 heavy (non-hydrogen) atoms. The normalized spacial score (nSPS) is 20.3. The molecule has 8 heteroatoms. The summed E-state index contributed by atoms with van der Waals surface area (Å²) >= 11 is 0. The topological polar surface area (TPSA) is 103 Å². The van der Waals surface area contributed by atoms with E-state index in [9.17, 15) is 13.2 Å². The minimum Gasteiger partial charge on any atom is -0.397 e. The Morgan fingerprint density at radius 1 is 1.52 bits per heavy atom. The summed E-state index contributed by atoms with van der Waals surface area (Å²) in [6.45, 7) is 0.679. The molecule has 1 saturated heterocycles. The Kier molecular flexibility index (Phi) is 4.79. The molecule has 0 saturated carbocycles. The molecule has 1 aliphatic rings. The van der Waals surface area contributed by atoms with E-state index < -0.39 is 9.84 Å². The number of carbonyl (C=O) groups excluding carboxylic acids is 1. The van der Waals surface area contributed by atoms with Crippen LogP contribution in [0.5, 0.6) is 0 Å². The predicted octanol–water partition coefficient (Wildman–Crippen LogP) is -0.0605. The number of nitrogens with two attached hydrogens (primary N) is 1. The first kappa shape index (κ1) is 15.7. The molecule has 0 bridgehead atoms. The lowest BCUT2D eigenvalue weighted by Crippen LogP contribution is -2.43. The van der Waals surface area contributed by atoms with E-state index in [-0.39, 0.29) is 29.1 Å². The summed E-state index contributed by atoms with van der Waals surface area (Å²) in [7, 11) is -1.53. The summed E-state index contributed by atoms with van der Waals surface area (Å²) in [5.41, 5.74) is 6.28. The number of hydrogen-bond donors (Lipinski definition) is 1. The molecule has 1 aliphatic heterocycles. The quantitative estimate of drug-likeness (QED) is 0.817. The molecule has 1 fully saturated rings. The Morgan fingerprint density at radius 3 is 2.81 bits per heavy atom. The zero-order chi connectivity index (χ0) is 15.5. The molecule has 7 nitrogen and oxygen atoms in total. The van der Waals surface area contributed by atoms with Crippen molar-refractivity contribution in [2.45, 2.75) is 12.5 Å². The number of nitrogen functional groups attached to an aromatic ring is 1. The van der Waals surface area contributed by atoms with Crippen molar-refractivity contribution in [2.24, 2.45) is 0 Å². The second kappa shape index (κ2) is 6.40. The van der Waals surface area contributed by atoms with Gasteiger partial charge in [-0.15, -0.1) is 0 Å². The standard InChI is InChI=1S/C13H19N3O4S/c1-20-6-5-16(11-4-7-21(18,19)9-11)13(17)12-3-2-10(14)8-15-12/h2-3,8,11H,4-7,9,14H2,1H3. The van der Waals surface area contributed by atoms with Gasteiger partial charge < -0.3 is 15.4 Å². The van der Waals surface area contributed by atoms with Gasteiger partial charge in [-0.05, 0) is 18.6 Å². The zero-order valence-electron chi connectivity index (χ0n) is 11.9. The van der Waals surface area contributed by atoms with E-state index in [1.807, 2.05) is 0 Å². The highest BCUT2D eigenvalue weighted by molar-refractivity contribution is 7.91. The maximum atomic E-state index is 12.5. The minimum absolute atomic E-state index is 0.00255. The lowest BCUT2D eigenvalue weighted by atomic mass is 10.2. The molecule has 2 rings (SSSR count). The summed E-state index contributed by atoms with van der Waals surface area (Å²) in [5, 5.41) is 0. The van der Waals surface area contributed by atoms with Crippen molar-refractivity contribution in [3.8, 4) is 0 Å². The van der Waals surface area contributed by atoms with Gasteiger partial charge in [-0.25, -0.2) is 13.4 Å². The smallest absolute Gasteiger partial charge is 0.272 e. The highest BCUT2D eigenvalue weighted by Crippen LogP contribution is 2.19. The van der Waals surface area contributed by atoms with Crippen LogP contribution in [0.25, 0.3) is 0 Å². The van der Waals surface area contributed by atoms with Gasteiger partial charge in [0.05, 0.1) is 30.0 Å². The lowest BCUT2D eigenvalue weighted by Gasteiger charge is -2.27. The number of hydrogen-bond acceptors (Lipinski definition) is 6. The number of anilines is 1. The van der Waals surface area contributed by atoms with Gasteiger partial charge in [0.2, 0.25) is 0 Å². The molecule has 1 aromatic rings. The molecule has 0 aliphatic carbocycles. The molecule has 1 unspecified atom stereocenters. The number of aromatic nitrogens is 1. The molecule has 1 aromatic heterocycles. The van der Waals surface area contributed by atoms with Crippen molar-refractivity contribution in [1.29, 1.82) is 0 Å². The van der Waals surface area contributed by atoms with Gasteiger partial charge in [0.15, 0.2) is 9.84 Å². The average Bonchev–Trinajstić information content (AvgIpc) is 2.80. The number of amides is 1. The number of rotatable bonds is 5. The number of ether oxygens (including phenoxy) is 1. The molecule has 0 aromatic carbocycles. The summed E-state index contributed by atoms with van der Waals surface area (Å²) < 4.78 is 28.2. The number of pyridine rings is 1. The number of methoxy groups -OCH3 is 1. The first-order chi connectivity index (χ1) is 9.93. The van der Waals surface area contributed by atoms with E-state index in [4.69, 9.17) is 10.5 Å². The van der Waals surface area contributed by atoms with Gasteiger partial charge in [0, 0.05) is 19.7 Å². The fourth-order valence-corrected chi connectivity index (χ4v) is 4.07. The van der Waals surface area contributed by atoms with Gasteiger partial charge >= 0.3 is 0 Å². The number of sulfone groups is 1. The maximum absolute atomic E-state index is 12.5. The van der Waals surface area contributed by atoms with Crippen LogP contribution < -0.4 is 5.73 Å². The van der Waals surface area contributed by atoms with Crippen molar-refractivity contribution in [3.05, 3.63) is 24.0 Å². The van der Waals surface area contributed by atoms with Crippen LogP contribution in [0.1, 0.15) is 16.9 Å². The third-order valence-electron chi connectivity index (χ3n) is 3.45. The van der Waals surface area contributed by atoms with Gasteiger partial charge in [-0.2, -0.15) is 0 Å². The van der Waals surface area contributed by atoms with Crippen LogP contribution in [0.15, 0.2) is 18.3 Å². The van der Waals surface area contributed by atoms with E-state index in [1.165, 1.54) is 18.2 Å².